The lowest BCUT2D eigenvalue weighted by Crippen LogP contribution is -2.47. The van der Waals surface area contributed by atoms with Gasteiger partial charge in [-0.25, -0.2) is 4.79 Å². The van der Waals surface area contributed by atoms with Crippen molar-refractivity contribution in [1.82, 2.24) is 15.0 Å². The molecule has 1 fully saturated rings. The van der Waals surface area contributed by atoms with E-state index in [-0.39, 0.29) is 18.0 Å². The number of hydrogen-bond acceptors (Lipinski definition) is 6. The quantitative estimate of drug-likeness (QED) is 0.831. The molecule has 1 saturated heterocycles. The average molecular weight is 292 g/mol. The van der Waals surface area contributed by atoms with Crippen LogP contribution in [0.4, 0.5) is 4.79 Å². The molecule has 0 radical (unpaired) electrons. The van der Waals surface area contributed by atoms with Crippen molar-refractivity contribution in [2.75, 3.05) is 6.54 Å². The SMILES string of the molecule is CC(C)(C)OC(=O)N1CCC1c1noc(C(C)(C)C#N)n1. The lowest BCUT2D eigenvalue weighted by Gasteiger charge is -2.39. The Labute approximate surface area is 123 Å². The lowest BCUT2D eigenvalue weighted by atomic mass is 9.96. The number of aromatic nitrogens is 2. The molecule has 1 unspecified atom stereocenters. The molecule has 0 bridgehead atoms. The van der Waals surface area contributed by atoms with Gasteiger partial charge in [-0.15, -0.1) is 0 Å². The summed E-state index contributed by atoms with van der Waals surface area (Å²) in [5.74, 6) is 0.682. The standard InChI is InChI=1S/C14H20N4O3/c1-13(2,3)20-12(19)18-7-6-9(18)10-16-11(21-17-10)14(4,5)8-15/h9H,6-7H2,1-5H3. The Morgan fingerprint density at radius 2 is 2.10 bits per heavy atom. The summed E-state index contributed by atoms with van der Waals surface area (Å²) >= 11 is 0. The Balaban J connectivity index is 2.10. The lowest BCUT2D eigenvalue weighted by molar-refractivity contribution is -0.00772. The molecular formula is C14H20N4O3. The molecule has 1 atom stereocenters. The topological polar surface area (TPSA) is 92.2 Å². The highest BCUT2D eigenvalue weighted by Crippen LogP contribution is 2.34. The second kappa shape index (κ2) is 5.02. The number of amides is 1. The van der Waals surface area contributed by atoms with Crippen LogP contribution in [-0.4, -0.2) is 33.3 Å². The second-order valence-corrected chi connectivity index (χ2v) is 6.67. The third-order valence-corrected chi connectivity index (χ3v) is 3.20. The van der Waals surface area contributed by atoms with E-state index in [0.29, 0.717) is 12.4 Å². The fraction of sp³-hybridized carbons (Fsp3) is 0.714. The van der Waals surface area contributed by atoms with E-state index in [1.807, 2.05) is 20.8 Å². The zero-order chi connectivity index (χ0) is 15.8. The van der Waals surface area contributed by atoms with Crippen molar-refractivity contribution >= 4 is 6.09 Å². The van der Waals surface area contributed by atoms with Gasteiger partial charge in [-0.1, -0.05) is 5.16 Å². The fourth-order valence-electron chi connectivity index (χ4n) is 1.87. The van der Waals surface area contributed by atoms with Crippen LogP contribution in [0.25, 0.3) is 0 Å². The molecule has 1 aromatic rings. The highest BCUT2D eigenvalue weighted by atomic mass is 16.6. The van der Waals surface area contributed by atoms with Crippen LogP contribution in [0.3, 0.4) is 0 Å². The van der Waals surface area contributed by atoms with Gasteiger partial charge in [0.25, 0.3) is 0 Å². The van der Waals surface area contributed by atoms with Crippen molar-refractivity contribution in [1.29, 1.82) is 5.26 Å². The molecule has 1 aliphatic rings. The van der Waals surface area contributed by atoms with Gasteiger partial charge in [0.15, 0.2) is 5.82 Å². The number of likely N-dealkylation sites (tertiary alicyclic amines) is 1. The average Bonchev–Trinajstić information content (AvgIpc) is 2.74. The smallest absolute Gasteiger partial charge is 0.410 e. The van der Waals surface area contributed by atoms with Crippen LogP contribution in [0.1, 0.15) is 58.8 Å². The number of nitriles is 1. The Kier molecular flexibility index (Phi) is 3.66. The van der Waals surface area contributed by atoms with Gasteiger partial charge in [-0.2, -0.15) is 10.2 Å². The molecule has 0 N–H and O–H groups in total. The minimum absolute atomic E-state index is 0.244. The van der Waals surface area contributed by atoms with Crippen LogP contribution in [-0.2, 0) is 10.2 Å². The van der Waals surface area contributed by atoms with Gasteiger partial charge in [0, 0.05) is 6.54 Å². The predicted molar refractivity (Wildman–Crippen MR) is 73.2 cm³/mol. The number of carbonyl (C=O) groups is 1. The third-order valence-electron chi connectivity index (χ3n) is 3.20. The van der Waals surface area contributed by atoms with Gasteiger partial charge in [0.05, 0.1) is 6.07 Å². The first kappa shape index (κ1) is 15.3. The van der Waals surface area contributed by atoms with E-state index in [4.69, 9.17) is 14.5 Å². The van der Waals surface area contributed by atoms with Crippen LogP contribution in [0.5, 0.6) is 0 Å². The number of hydrogen-bond donors (Lipinski definition) is 0. The minimum atomic E-state index is -0.842. The maximum absolute atomic E-state index is 12.0. The van der Waals surface area contributed by atoms with E-state index in [0.717, 1.165) is 6.42 Å². The van der Waals surface area contributed by atoms with Crippen LogP contribution >= 0.6 is 0 Å². The van der Waals surface area contributed by atoms with Crippen molar-refractivity contribution in [3.05, 3.63) is 11.7 Å². The van der Waals surface area contributed by atoms with Crippen LogP contribution < -0.4 is 0 Å². The van der Waals surface area contributed by atoms with E-state index in [1.165, 1.54) is 0 Å². The van der Waals surface area contributed by atoms with Crippen LogP contribution in [0, 0.1) is 11.3 Å². The summed E-state index contributed by atoms with van der Waals surface area (Å²) < 4.78 is 10.5. The Bertz CT molecular complexity index is 580. The zero-order valence-electron chi connectivity index (χ0n) is 13.0. The van der Waals surface area contributed by atoms with Crippen molar-refractivity contribution in [3.63, 3.8) is 0 Å². The van der Waals surface area contributed by atoms with E-state index < -0.39 is 11.0 Å². The van der Waals surface area contributed by atoms with Crippen LogP contribution in [0.15, 0.2) is 4.52 Å². The maximum atomic E-state index is 12.0. The molecule has 2 rings (SSSR count). The van der Waals surface area contributed by atoms with Gasteiger partial charge in [-0.3, -0.25) is 4.90 Å². The van der Waals surface area contributed by atoms with Crippen molar-refractivity contribution < 1.29 is 14.1 Å². The van der Waals surface area contributed by atoms with Gasteiger partial charge in [-0.05, 0) is 41.0 Å². The Morgan fingerprint density at radius 1 is 1.43 bits per heavy atom. The second-order valence-electron chi connectivity index (χ2n) is 6.67. The van der Waals surface area contributed by atoms with Gasteiger partial charge < -0.3 is 9.26 Å². The molecule has 7 nitrogen and oxygen atoms in total. The minimum Gasteiger partial charge on any atom is -0.444 e. The summed E-state index contributed by atoms with van der Waals surface area (Å²) in [5.41, 5.74) is -1.38. The summed E-state index contributed by atoms with van der Waals surface area (Å²) in [6.45, 7) is 9.48. The molecule has 0 aliphatic carbocycles. The third kappa shape index (κ3) is 3.15. The Morgan fingerprint density at radius 3 is 2.57 bits per heavy atom. The van der Waals surface area contributed by atoms with Crippen molar-refractivity contribution in [2.24, 2.45) is 0 Å². The summed E-state index contributed by atoms with van der Waals surface area (Å²) in [5, 5.41) is 13.0. The molecule has 1 aromatic heterocycles. The molecule has 1 amide bonds. The van der Waals surface area contributed by atoms with E-state index in [2.05, 4.69) is 16.2 Å². The first-order valence-electron chi connectivity index (χ1n) is 6.89. The largest absolute Gasteiger partial charge is 0.444 e. The summed E-state index contributed by atoms with van der Waals surface area (Å²) in [4.78, 5) is 17.9. The highest BCUT2D eigenvalue weighted by molar-refractivity contribution is 5.69. The van der Waals surface area contributed by atoms with E-state index >= 15 is 0 Å². The fourth-order valence-corrected chi connectivity index (χ4v) is 1.87. The van der Waals surface area contributed by atoms with E-state index in [1.54, 1.807) is 18.7 Å². The molecule has 0 aromatic carbocycles. The molecule has 1 aliphatic heterocycles. The molecule has 7 heteroatoms. The van der Waals surface area contributed by atoms with Gasteiger partial charge in [0.1, 0.15) is 17.1 Å². The van der Waals surface area contributed by atoms with Crippen molar-refractivity contribution in [2.45, 2.75) is 58.1 Å². The van der Waals surface area contributed by atoms with E-state index in [9.17, 15) is 4.79 Å². The van der Waals surface area contributed by atoms with Gasteiger partial charge >= 0.3 is 6.09 Å². The molecular weight excluding hydrogens is 272 g/mol. The molecule has 0 saturated carbocycles. The number of nitrogens with zero attached hydrogens (tertiary/aromatic N) is 4. The van der Waals surface area contributed by atoms with Crippen molar-refractivity contribution in [3.8, 4) is 6.07 Å². The first-order valence-corrected chi connectivity index (χ1v) is 6.89. The molecule has 2 heterocycles. The van der Waals surface area contributed by atoms with Crippen LogP contribution in [0.2, 0.25) is 0 Å². The maximum Gasteiger partial charge on any atom is 0.410 e. The number of carbonyl (C=O) groups excluding carboxylic acids is 1. The molecule has 114 valence electrons. The predicted octanol–water partition coefficient (Wildman–Crippen LogP) is 2.55. The summed E-state index contributed by atoms with van der Waals surface area (Å²) in [6, 6.07) is 1.87. The summed E-state index contributed by atoms with van der Waals surface area (Å²) in [7, 11) is 0. The Hall–Kier alpha value is -2.10. The highest BCUT2D eigenvalue weighted by Gasteiger charge is 2.40. The number of rotatable bonds is 2. The summed E-state index contributed by atoms with van der Waals surface area (Å²) in [6.07, 6.45) is 0.371. The normalized spacial score (nSPS) is 18.9. The number of ether oxygens (including phenoxy) is 1. The molecule has 21 heavy (non-hydrogen) atoms. The van der Waals surface area contributed by atoms with Gasteiger partial charge in [0.2, 0.25) is 5.89 Å². The molecule has 0 spiro atoms. The monoisotopic (exact) mass is 292 g/mol. The zero-order valence-corrected chi connectivity index (χ0v) is 13.0. The first-order chi connectivity index (χ1) is 9.64.